The van der Waals surface area contributed by atoms with Gasteiger partial charge < -0.3 is 14.6 Å². The minimum absolute atomic E-state index is 0.0285. The summed E-state index contributed by atoms with van der Waals surface area (Å²) >= 11 is 6.74. The van der Waals surface area contributed by atoms with E-state index in [1.807, 2.05) is 32.2 Å². The number of hydrogen-bond acceptors (Lipinski definition) is 3. The topological polar surface area (TPSA) is 69.1 Å². The first-order valence-corrected chi connectivity index (χ1v) is 12.2. The van der Waals surface area contributed by atoms with E-state index in [1.165, 1.54) is 0 Å². The van der Waals surface area contributed by atoms with Crippen LogP contribution in [0.4, 0.5) is 0 Å². The molecule has 0 spiro atoms. The fraction of sp³-hybridized carbons (Fsp3) is 0.615. The number of ether oxygens (including phenoxy) is 1. The van der Waals surface area contributed by atoms with E-state index in [0.717, 1.165) is 48.6 Å². The zero-order valence-corrected chi connectivity index (χ0v) is 20.1. The maximum absolute atomic E-state index is 13.5. The number of piperidine rings is 2. The smallest absolute Gasteiger partial charge is 0.223 e. The van der Waals surface area contributed by atoms with Crippen molar-refractivity contribution >= 4 is 28.4 Å². The number of nitriles is 1. The number of carbonyl (C=O) groups is 1. The van der Waals surface area contributed by atoms with E-state index >= 15 is 0 Å². The summed E-state index contributed by atoms with van der Waals surface area (Å²) in [6, 6.07) is 6.93. The number of nitrogens with zero attached hydrogens (tertiary/aromatic N) is 2. The molecule has 4 fully saturated rings. The van der Waals surface area contributed by atoms with Gasteiger partial charge in [-0.25, -0.2) is 0 Å². The van der Waals surface area contributed by atoms with Gasteiger partial charge >= 0.3 is 0 Å². The standard InChI is InChI=1S/C26H32ClN3O2/c1-15(2)32-21-6-5-20-23(24(21)27)19(12-29-20)16(3)7-22(31)30-17-8-25(4)9-18(30)11-26(10-17,13-25)14-28/h5-6,12,15-18,29H,7-11,13H2,1-4H3. The SMILES string of the molecule is CC(C)Oc1ccc2[nH]cc(C(C)CC(=O)N3C4CC5(C)CC3CC(C#N)(C4)C5)c2c1Cl. The first-order chi connectivity index (χ1) is 15.1. The third-order valence-electron chi connectivity index (χ3n) is 7.94. The van der Waals surface area contributed by atoms with E-state index < -0.39 is 0 Å². The zero-order chi connectivity index (χ0) is 22.8. The van der Waals surface area contributed by atoms with Crippen molar-refractivity contribution in [2.24, 2.45) is 10.8 Å². The van der Waals surface area contributed by atoms with Gasteiger partial charge in [0.25, 0.3) is 0 Å². The molecule has 2 saturated heterocycles. The number of H-pyrrole nitrogens is 1. The third-order valence-corrected chi connectivity index (χ3v) is 8.31. The van der Waals surface area contributed by atoms with Crippen LogP contribution >= 0.6 is 11.6 Å². The van der Waals surface area contributed by atoms with Gasteiger partial charge in [-0.2, -0.15) is 5.26 Å². The summed E-state index contributed by atoms with van der Waals surface area (Å²) in [4.78, 5) is 19.0. The molecule has 3 unspecified atom stereocenters. The lowest BCUT2D eigenvalue weighted by Crippen LogP contribution is -2.65. The minimum Gasteiger partial charge on any atom is -0.489 e. The number of benzene rings is 1. The van der Waals surface area contributed by atoms with E-state index in [4.69, 9.17) is 16.3 Å². The molecule has 2 saturated carbocycles. The molecule has 6 rings (SSSR count). The molecule has 2 aromatic rings. The molecule has 5 nitrogen and oxygen atoms in total. The number of hydrogen-bond donors (Lipinski definition) is 1. The van der Waals surface area contributed by atoms with Gasteiger partial charge in [0.1, 0.15) is 5.75 Å². The van der Waals surface area contributed by atoms with Gasteiger partial charge in [-0.3, -0.25) is 4.79 Å². The Balaban J connectivity index is 1.38. The molecular formula is C26H32ClN3O2. The highest BCUT2D eigenvalue weighted by atomic mass is 35.5. The van der Waals surface area contributed by atoms with Crippen LogP contribution in [0.25, 0.3) is 10.9 Å². The van der Waals surface area contributed by atoms with Gasteiger partial charge in [-0.15, -0.1) is 0 Å². The Morgan fingerprint density at radius 1 is 1.28 bits per heavy atom. The summed E-state index contributed by atoms with van der Waals surface area (Å²) in [6.07, 6.45) is 7.19. The van der Waals surface area contributed by atoms with E-state index in [9.17, 15) is 10.1 Å². The van der Waals surface area contributed by atoms with Gasteiger partial charge in [-0.1, -0.05) is 25.4 Å². The molecule has 1 aromatic heterocycles. The van der Waals surface area contributed by atoms with Crippen molar-refractivity contribution in [1.82, 2.24) is 9.88 Å². The summed E-state index contributed by atoms with van der Waals surface area (Å²) in [5.41, 5.74) is 2.00. The average Bonchev–Trinajstić information content (AvgIpc) is 3.13. The van der Waals surface area contributed by atoms with Crippen molar-refractivity contribution in [1.29, 1.82) is 5.26 Å². The molecule has 2 aliphatic carbocycles. The van der Waals surface area contributed by atoms with Crippen molar-refractivity contribution < 1.29 is 9.53 Å². The van der Waals surface area contributed by atoms with Gasteiger partial charge in [0.15, 0.2) is 0 Å². The van der Waals surface area contributed by atoms with Gasteiger partial charge in [0, 0.05) is 35.6 Å². The number of aromatic nitrogens is 1. The largest absolute Gasteiger partial charge is 0.489 e. The van der Waals surface area contributed by atoms with Crippen LogP contribution < -0.4 is 4.74 Å². The molecule has 32 heavy (non-hydrogen) atoms. The third kappa shape index (κ3) is 3.39. The molecule has 4 bridgehead atoms. The van der Waals surface area contributed by atoms with Crippen LogP contribution in [0.3, 0.4) is 0 Å². The molecule has 6 heteroatoms. The first kappa shape index (κ1) is 21.6. The second kappa shape index (κ2) is 7.42. The average molecular weight is 454 g/mol. The van der Waals surface area contributed by atoms with Crippen LogP contribution in [0.1, 0.15) is 77.7 Å². The summed E-state index contributed by atoms with van der Waals surface area (Å²) in [5, 5.41) is 11.4. The molecule has 1 aromatic carbocycles. The molecular weight excluding hydrogens is 422 g/mol. The van der Waals surface area contributed by atoms with Gasteiger partial charge in [0.05, 0.1) is 22.6 Å². The molecule has 0 radical (unpaired) electrons. The Labute approximate surface area is 195 Å². The maximum atomic E-state index is 13.5. The van der Waals surface area contributed by atoms with E-state index in [2.05, 4.69) is 29.8 Å². The van der Waals surface area contributed by atoms with Crippen LogP contribution in [0.2, 0.25) is 5.02 Å². The molecule has 170 valence electrons. The number of rotatable bonds is 5. The molecule has 3 heterocycles. The predicted octanol–water partition coefficient (Wildman–Crippen LogP) is 6.18. The number of carbonyl (C=O) groups excluding carboxylic acids is 1. The molecule has 1 N–H and O–H groups in total. The Hall–Kier alpha value is -2.19. The number of fused-ring (bicyclic) bond motifs is 1. The Kier molecular flexibility index (Phi) is 5.02. The lowest BCUT2D eigenvalue weighted by atomic mass is 9.50. The van der Waals surface area contributed by atoms with E-state index in [-0.39, 0.29) is 40.8 Å². The minimum atomic E-state index is -0.222. The van der Waals surface area contributed by atoms with Crippen molar-refractivity contribution in [2.45, 2.75) is 90.3 Å². The molecule has 1 amide bonds. The van der Waals surface area contributed by atoms with Crippen LogP contribution in [0.15, 0.2) is 18.3 Å². The molecule has 2 aliphatic heterocycles. The highest BCUT2D eigenvalue weighted by Gasteiger charge is 2.60. The number of aromatic amines is 1. The van der Waals surface area contributed by atoms with Crippen molar-refractivity contribution in [3.63, 3.8) is 0 Å². The second-order valence-electron chi connectivity index (χ2n) is 11.1. The first-order valence-electron chi connectivity index (χ1n) is 11.8. The van der Waals surface area contributed by atoms with Crippen LogP contribution in [0.5, 0.6) is 5.75 Å². The lowest BCUT2D eigenvalue weighted by Gasteiger charge is -2.63. The number of nitrogens with one attached hydrogen (secondary N) is 1. The maximum Gasteiger partial charge on any atom is 0.223 e. The second-order valence-corrected chi connectivity index (χ2v) is 11.5. The zero-order valence-electron chi connectivity index (χ0n) is 19.4. The highest BCUT2D eigenvalue weighted by Crippen LogP contribution is 2.61. The monoisotopic (exact) mass is 453 g/mol. The summed E-state index contributed by atoms with van der Waals surface area (Å²) in [7, 11) is 0. The van der Waals surface area contributed by atoms with Crippen LogP contribution in [-0.2, 0) is 4.79 Å². The molecule has 4 aliphatic rings. The Morgan fingerprint density at radius 2 is 1.97 bits per heavy atom. The van der Waals surface area contributed by atoms with Gasteiger partial charge in [-0.05, 0) is 75.0 Å². The predicted molar refractivity (Wildman–Crippen MR) is 126 cm³/mol. The Bertz CT molecular complexity index is 1100. The number of amides is 1. The highest BCUT2D eigenvalue weighted by molar-refractivity contribution is 6.37. The molecule has 3 atom stereocenters. The van der Waals surface area contributed by atoms with Crippen LogP contribution in [0, 0.1) is 22.2 Å². The fourth-order valence-corrected chi connectivity index (χ4v) is 7.40. The number of halogens is 1. The summed E-state index contributed by atoms with van der Waals surface area (Å²) in [6.45, 7) is 8.38. The lowest BCUT2D eigenvalue weighted by molar-refractivity contribution is -0.163. The van der Waals surface area contributed by atoms with Gasteiger partial charge in [0.2, 0.25) is 5.91 Å². The fourth-order valence-electron chi connectivity index (χ4n) is 7.08. The summed E-state index contributed by atoms with van der Waals surface area (Å²) < 4.78 is 5.88. The van der Waals surface area contributed by atoms with Crippen molar-refractivity contribution in [2.75, 3.05) is 0 Å². The van der Waals surface area contributed by atoms with E-state index in [0.29, 0.717) is 17.2 Å². The van der Waals surface area contributed by atoms with Crippen molar-refractivity contribution in [3.05, 3.63) is 28.9 Å². The van der Waals surface area contributed by atoms with E-state index in [1.54, 1.807) is 0 Å². The normalized spacial score (nSPS) is 31.8. The summed E-state index contributed by atoms with van der Waals surface area (Å²) in [5.74, 6) is 0.914. The van der Waals surface area contributed by atoms with Crippen molar-refractivity contribution in [3.8, 4) is 11.8 Å². The van der Waals surface area contributed by atoms with Crippen LogP contribution in [-0.4, -0.2) is 34.0 Å². The Morgan fingerprint density at radius 3 is 2.59 bits per heavy atom. The quantitative estimate of drug-likeness (QED) is 0.588.